The first-order valence-corrected chi connectivity index (χ1v) is 4.67. The summed E-state index contributed by atoms with van der Waals surface area (Å²) in [6, 6.07) is 0. The summed E-state index contributed by atoms with van der Waals surface area (Å²) in [5.41, 5.74) is 0. The molecule has 1 nitrogen and oxygen atoms in total. The molecular formula is C11H20O. The minimum Gasteiger partial charge on any atom is -0.393 e. The molecule has 0 saturated carbocycles. The predicted molar refractivity (Wildman–Crippen MR) is 52.7 cm³/mol. The van der Waals surface area contributed by atoms with E-state index in [1.165, 1.54) is 0 Å². The molecule has 0 spiro atoms. The Balaban J connectivity index is 3.85. The van der Waals surface area contributed by atoms with Crippen LogP contribution in [0.5, 0.6) is 0 Å². The van der Waals surface area contributed by atoms with E-state index < -0.39 is 0 Å². The van der Waals surface area contributed by atoms with Crippen LogP contribution in [0.2, 0.25) is 0 Å². The van der Waals surface area contributed by atoms with Gasteiger partial charge in [0.05, 0.1) is 6.10 Å². The van der Waals surface area contributed by atoms with Gasteiger partial charge >= 0.3 is 0 Å². The lowest BCUT2D eigenvalue weighted by Crippen LogP contribution is -2.21. The summed E-state index contributed by atoms with van der Waals surface area (Å²) in [6.45, 7) is 8.02. The summed E-state index contributed by atoms with van der Waals surface area (Å²) in [6.07, 6.45) is 1.71. The minimum atomic E-state index is -0.205. The number of hydrogen-bond acceptors (Lipinski definition) is 1. The largest absolute Gasteiger partial charge is 0.393 e. The molecule has 0 fully saturated rings. The van der Waals surface area contributed by atoms with Crippen LogP contribution in [0.25, 0.3) is 0 Å². The van der Waals surface area contributed by atoms with Crippen LogP contribution in [0.3, 0.4) is 0 Å². The summed E-state index contributed by atoms with van der Waals surface area (Å²) in [7, 11) is 0. The molecule has 0 saturated heterocycles. The number of aliphatic hydroxyl groups excluding tert-OH is 1. The lowest BCUT2D eigenvalue weighted by Gasteiger charge is -2.22. The van der Waals surface area contributed by atoms with Crippen LogP contribution >= 0.6 is 0 Å². The van der Waals surface area contributed by atoms with Crippen molar-refractivity contribution in [2.45, 2.75) is 46.6 Å². The van der Waals surface area contributed by atoms with Gasteiger partial charge in [-0.3, -0.25) is 0 Å². The molecule has 0 aromatic rings. The van der Waals surface area contributed by atoms with Crippen molar-refractivity contribution in [2.24, 2.45) is 11.8 Å². The van der Waals surface area contributed by atoms with Crippen molar-refractivity contribution in [3.05, 3.63) is 0 Å². The van der Waals surface area contributed by atoms with Crippen LogP contribution < -0.4 is 0 Å². The Kier molecular flexibility index (Phi) is 5.84. The lowest BCUT2D eigenvalue weighted by molar-refractivity contribution is 0.0929. The maximum atomic E-state index is 9.43. The Morgan fingerprint density at radius 2 is 1.83 bits per heavy atom. The molecule has 70 valence electrons. The molecule has 0 amide bonds. The highest BCUT2D eigenvalue weighted by atomic mass is 16.3. The Labute approximate surface area is 76.2 Å². The molecule has 2 atom stereocenters. The minimum absolute atomic E-state index is 0.205. The van der Waals surface area contributed by atoms with Gasteiger partial charge in [-0.15, -0.1) is 11.8 Å². The summed E-state index contributed by atoms with van der Waals surface area (Å²) in [5, 5.41) is 9.43. The van der Waals surface area contributed by atoms with Crippen molar-refractivity contribution in [3.8, 4) is 11.8 Å². The van der Waals surface area contributed by atoms with Gasteiger partial charge < -0.3 is 5.11 Å². The third-order valence-electron chi connectivity index (χ3n) is 2.26. The van der Waals surface area contributed by atoms with Gasteiger partial charge in [-0.05, 0) is 32.1 Å². The van der Waals surface area contributed by atoms with Crippen molar-refractivity contribution in [1.29, 1.82) is 0 Å². The van der Waals surface area contributed by atoms with Crippen molar-refractivity contribution >= 4 is 0 Å². The van der Waals surface area contributed by atoms with Crippen molar-refractivity contribution in [1.82, 2.24) is 0 Å². The molecule has 0 radical (unpaired) electrons. The standard InChI is InChI=1S/C11H20O/c1-5-6-7-8-11(9(2)3)10(4)12/h9-12H,7-8H2,1-4H3. The van der Waals surface area contributed by atoms with Crippen LogP contribution in [-0.2, 0) is 0 Å². The van der Waals surface area contributed by atoms with E-state index in [2.05, 4.69) is 25.7 Å². The van der Waals surface area contributed by atoms with Crippen molar-refractivity contribution < 1.29 is 5.11 Å². The molecule has 0 aromatic carbocycles. The summed E-state index contributed by atoms with van der Waals surface area (Å²) >= 11 is 0. The quantitative estimate of drug-likeness (QED) is 0.639. The maximum absolute atomic E-state index is 9.43. The molecule has 2 unspecified atom stereocenters. The topological polar surface area (TPSA) is 20.2 Å². The predicted octanol–water partition coefficient (Wildman–Crippen LogP) is 2.44. The van der Waals surface area contributed by atoms with Crippen LogP contribution in [0, 0.1) is 23.7 Å². The molecule has 12 heavy (non-hydrogen) atoms. The Morgan fingerprint density at radius 3 is 2.17 bits per heavy atom. The van der Waals surface area contributed by atoms with E-state index in [0.29, 0.717) is 11.8 Å². The third kappa shape index (κ3) is 4.41. The molecule has 0 aromatic heterocycles. The highest BCUT2D eigenvalue weighted by Crippen LogP contribution is 2.20. The van der Waals surface area contributed by atoms with Crippen LogP contribution in [0.1, 0.15) is 40.5 Å². The Morgan fingerprint density at radius 1 is 1.25 bits per heavy atom. The van der Waals surface area contributed by atoms with Gasteiger partial charge in [0.1, 0.15) is 0 Å². The molecular weight excluding hydrogens is 148 g/mol. The molecule has 1 N–H and O–H groups in total. The van der Waals surface area contributed by atoms with Gasteiger partial charge in [-0.2, -0.15) is 0 Å². The van der Waals surface area contributed by atoms with E-state index >= 15 is 0 Å². The second kappa shape index (κ2) is 6.08. The number of hydrogen-bond donors (Lipinski definition) is 1. The van der Waals surface area contributed by atoms with Gasteiger partial charge in [0.25, 0.3) is 0 Å². The zero-order chi connectivity index (χ0) is 9.56. The van der Waals surface area contributed by atoms with Gasteiger partial charge in [-0.1, -0.05) is 13.8 Å². The smallest absolute Gasteiger partial charge is 0.0543 e. The fourth-order valence-electron chi connectivity index (χ4n) is 1.50. The van der Waals surface area contributed by atoms with E-state index in [0.717, 1.165) is 12.8 Å². The highest BCUT2D eigenvalue weighted by molar-refractivity contribution is 4.95. The van der Waals surface area contributed by atoms with Gasteiger partial charge in [0, 0.05) is 6.42 Å². The van der Waals surface area contributed by atoms with E-state index in [-0.39, 0.29) is 6.10 Å². The van der Waals surface area contributed by atoms with Crippen molar-refractivity contribution in [2.75, 3.05) is 0 Å². The fraction of sp³-hybridized carbons (Fsp3) is 0.818. The van der Waals surface area contributed by atoms with E-state index in [1.54, 1.807) is 0 Å². The van der Waals surface area contributed by atoms with E-state index in [9.17, 15) is 5.11 Å². The van der Waals surface area contributed by atoms with Crippen LogP contribution in [-0.4, -0.2) is 11.2 Å². The zero-order valence-electron chi connectivity index (χ0n) is 8.59. The first kappa shape index (κ1) is 11.5. The first-order chi connectivity index (χ1) is 5.59. The van der Waals surface area contributed by atoms with Crippen LogP contribution in [0.15, 0.2) is 0 Å². The molecule has 0 bridgehead atoms. The average molecular weight is 168 g/mol. The van der Waals surface area contributed by atoms with E-state index in [4.69, 9.17) is 0 Å². The molecule has 0 heterocycles. The SMILES string of the molecule is CC#CCCC(C(C)C)C(C)O. The summed E-state index contributed by atoms with van der Waals surface area (Å²) in [4.78, 5) is 0. The summed E-state index contributed by atoms with van der Waals surface area (Å²) in [5.74, 6) is 6.84. The molecule has 0 aliphatic rings. The number of rotatable bonds is 4. The molecule has 0 aliphatic heterocycles. The summed E-state index contributed by atoms with van der Waals surface area (Å²) < 4.78 is 0. The average Bonchev–Trinajstić information content (AvgIpc) is 1.96. The highest BCUT2D eigenvalue weighted by Gasteiger charge is 2.17. The van der Waals surface area contributed by atoms with Gasteiger partial charge in [-0.25, -0.2) is 0 Å². The fourth-order valence-corrected chi connectivity index (χ4v) is 1.50. The normalized spacial score (nSPS) is 15.2. The third-order valence-corrected chi connectivity index (χ3v) is 2.26. The Hall–Kier alpha value is -0.480. The van der Waals surface area contributed by atoms with E-state index in [1.807, 2.05) is 13.8 Å². The molecule has 0 aliphatic carbocycles. The maximum Gasteiger partial charge on any atom is 0.0543 e. The molecule has 0 rings (SSSR count). The van der Waals surface area contributed by atoms with Gasteiger partial charge in [0.2, 0.25) is 0 Å². The molecule has 1 heteroatoms. The Bertz CT molecular complexity index is 152. The zero-order valence-corrected chi connectivity index (χ0v) is 8.59. The number of aliphatic hydroxyl groups is 1. The van der Waals surface area contributed by atoms with Crippen LogP contribution in [0.4, 0.5) is 0 Å². The van der Waals surface area contributed by atoms with Crippen molar-refractivity contribution in [3.63, 3.8) is 0 Å². The first-order valence-electron chi connectivity index (χ1n) is 4.67. The second-order valence-electron chi connectivity index (χ2n) is 3.61. The van der Waals surface area contributed by atoms with Gasteiger partial charge in [0.15, 0.2) is 0 Å². The lowest BCUT2D eigenvalue weighted by atomic mass is 9.87. The monoisotopic (exact) mass is 168 g/mol. The second-order valence-corrected chi connectivity index (χ2v) is 3.61.